The van der Waals surface area contributed by atoms with Crippen molar-refractivity contribution in [3.63, 3.8) is 0 Å². The van der Waals surface area contributed by atoms with Gasteiger partial charge in [-0.3, -0.25) is 0 Å². The van der Waals surface area contributed by atoms with Gasteiger partial charge in [-0.1, -0.05) is 0 Å². The summed E-state index contributed by atoms with van der Waals surface area (Å²) < 4.78 is 1.94. The first kappa shape index (κ1) is 11.5. The molecule has 0 spiro atoms. The smallest absolute Gasteiger partial charge is 0.202 e. The van der Waals surface area contributed by atoms with Crippen molar-refractivity contribution in [3.05, 3.63) is 24.8 Å². The third kappa shape index (κ3) is 1.53. The largest absolute Gasteiger partial charge is 0.325 e. The lowest BCUT2D eigenvalue weighted by molar-refractivity contribution is -1.45. The van der Waals surface area contributed by atoms with E-state index in [0.29, 0.717) is 0 Å². The Balaban J connectivity index is 2.23. The Morgan fingerprint density at radius 3 is 2.31 bits per heavy atom. The molecule has 0 aromatic carbocycles. The highest BCUT2D eigenvalue weighted by Gasteiger charge is 2.49. The maximum Gasteiger partial charge on any atom is 0.202 e. The van der Waals surface area contributed by atoms with E-state index in [9.17, 15) is 0 Å². The Morgan fingerprint density at radius 1 is 1.12 bits per heavy atom. The predicted octanol–water partition coefficient (Wildman–Crippen LogP) is 1.32. The maximum atomic E-state index is 2.38. The van der Waals surface area contributed by atoms with Gasteiger partial charge >= 0.3 is 0 Å². The highest BCUT2D eigenvalue weighted by atomic mass is 15.9. The van der Waals surface area contributed by atoms with Crippen molar-refractivity contribution in [1.82, 2.24) is 9.80 Å². The van der Waals surface area contributed by atoms with Crippen LogP contribution < -0.4 is 0 Å². The van der Waals surface area contributed by atoms with Crippen LogP contribution in [0, 0.1) is 0 Å². The van der Waals surface area contributed by atoms with Crippen molar-refractivity contribution in [2.75, 3.05) is 40.5 Å². The number of hydrogen-bond acceptors (Lipinski definition) is 2. The van der Waals surface area contributed by atoms with Crippen LogP contribution in [-0.4, -0.2) is 59.5 Å². The quantitative estimate of drug-likeness (QED) is 0.667. The molecule has 0 bridgehead atoms. The summed E-state index contributed by atoms with van der Waals surface area (Å²) in [4.78, 5) is 4.65. The lowest BCUT2D eigenvalue weighted by Crippen LogP contribution is -2.66. The summed E-state index contributed by atoms with van der Waals surface area (Å²) in [5.74, 6) is 0. The number of nitrogens with zero attached hydrogens (tertiary/aromatic N) is 4. The third-order valence-corrected chi connectivity index (χ3v) is 4.00. The maximum absolute atomic E-state index is 2.38. The Bertz CT molecular complexity index is 325. The topological polar surface area (TPSA) is 6.48 Å². The van der Waals surface area contributed by atoms with Crippen LogP contribution in [0.3, 0.4) is 0 Å². The number of quaternary nitrogens is 2. The zero-order valence-corrected chi connectivity index (χ0v) is 10.9. The fraction of sp³-hybridized carbons (Fsp3) is 0.667. The van der Waals surface area contributed by atoms with Crippen LogP contribution >= 0.6 is 0 Å². The molecule has 2 atom stereocenters. The Kier molecular flexibility index (Phi) is 2.72. The van der Waals surface area contributed by atoms with Crippen LogP contribution in [0.4, 0.5) is 0 Å². The summed E-state index contributed by atoms with van der Waals surface area (Å²) in [6.45, 7) is 8.84. The monoisotopic (exact) mass is 224 g/mol. The van der Waals surface area contributed by atoms with Crippen LogP contribution in [0.1, 0.15) is 13.8 Å². The summed E-state index contributed by atoms with van der Waals surface area (Å²) >= 11 is 0. The van der Waals surface area contributed by atoms with Gasteiger partial charge in [0.2, 0.25) is 13.3 Å². The van der Waals surface area contributed by atoms with Crippen molar-refractivity contribution in [2.24, 2.45) is 0 Å². The van der Waals surface area contributed by atoms with Crippen molar-refractivity contribution in [2.45, 2.75) is 13.8 Å². The molecule has 0 N–H and O–H groups in total. The first-order valence-electron chi connectivity index (χ1n) is 6.11. The van der Waals surface area contributed by atoms with E-state index in [-0.39, 0.29) is 0 Å². The molecule has 2 heterocycles. The van der Waals surface area contributed by atoms with E-state index in [1.54, 1.807) is 0 Å². The minimum atomic E-state index is 0.950. The van der Waals surface area contributed by atoms with Gasteiger partial charge in [-0.25, -0.2) is 0 Å². The molecule has 4 nitrogen and oxygen atoms in total. The molecule has 16 heavy (non-hydrogen) atoms. The SMILES string of the molecule is CCN1C=C[N+](C)([N+]2(CC)C=CN(C)C2)C1. The molecule has 90 valence electrons. The van der Waals surface area contributed by atoms with Gasteiger partial charge in [0.15, 0.2) is 12.4 Å². The van der Waals surface area contributed by atoms with E-state index in [1.807, 2.05) is 0 Å². The molecule has 0 aliphatic carbocycles. The minimum absolute atomic E-state index is 0.950. The molecule has 0 aromatic heterocycles. The lowest BCUT2D eigenvalue weighted by Gasteiger charge is -2.43. The predicted molar refractivity (Wildman–Crippen MR) is 65.1 cm³/mol. The zero-order valence-electron chi connectivity index (χ0n) is 10.9. The number of hydrogen-bond donors (Lipinski definition) is 0. The molecular formula is C12H24N4+2. The fourth-order valence-electron chi connectivity index (χ4n) is 2.71. The second kappa shape index (κ2) is 3.79. The van der Waals surface area contributed by atoms with Gasteiger partial charge < -0.3 is 9.80 Å². The molecular weight excluding hydrogens is 200 g/mol. The second-order valence-electron chi connectivity index (χ2n) is 5.06. The molecule has 2 rings (SSSR count). The van der Waals surface area contributed by atoms with E-state index in [2.05, 4.69) is 62.5 Å². The first-order chi connectivity index (χ1) is 7.55. The van der Waals surface area contributed by atoms with E-state index >= 15 is 0 Å². The molecule has 0 saturated carbocycles. The molecule has 0 fully saturated rings. The molecule has 2 aliphatic rings. The standard InChI is InChI=1S/C12H24N4/c1-5-14-8-9-15(4,12-14)16(6-2)10-7-13(3)11-16/h7-10H,5-6,11-12H2,1-4H3/q+2. The van der Waals surface area contributed by atoms with E-state index in [1.165, 1.54) is 0 Å². The summed E-state index contributed by atoms with van der Waals surface area (Å²) in [7, 11) is 4.47. The van der Waals surface area contributed by atoms with E-state index in [0.717, 1.165) is 35.6 Å². The van der Waals surface area contributed by atoms with Gasteiger partial charge in [-0.15, -0.1) is 9.18 Å². The average Bonchev–Trinajstić information content (AvgIpc) is 2.84. The van der Waals surface area contributed by atoms with Gasteiger partial charge in [0, 0.05) is 13.6 Å². The Morgan fingerprint density at radius 2 is 1.88 bits per heavy atom. The number of rotatable bonds is 3. The second-order valence-corrected chi connectivity index (χ2v) is 5.06. The first-order valence-corrected chi connectivity index (χ1v) is 6.11. The van der Waals surface area contributed by atoms with Crippen molar-refractivity contribution in [3.8, 4) is 0 Å². The Hall–Kier alpha value is -1.00. The van der Waals surface area contributed by atoms with Crippen molar-refractivity contribution < 1.29 is 9.18 Å². The lowest BCUT2D eigenvalue weighted by atomic mass is 10.5. The third-order valence-electron chi connectivity index (χ3n) is 4.00. The molecule has 0 radical (unpaired) electrons. The molecule has 2 unspecified atom stereocenters. The van der Waals surface area contributed by atoms with Crippen LogP contribution in [0.25, 0.3) is 0 Å². The molecule has 0 amide bonds. The summed E-state index contributed by atoms with van der Waals surface area (Å²) in [6, 6.07) is 0. The molecule has 0 saturated heterocycles. The van der Waals surface area contributed by atoms with Crippen molar-refractivity contribution >= 4 is 0 Å². The Labute approximate surface area is 98.8 Å². The van der Waals surface area contributed by atoms with Crippen molar-refractivity contribution in [1.29, 1.82) is 0 Å². The average molecular weight is 224 g/mol. The van der Waals surface area contributed by atoms with Crippen LogP contribution in [0.5, 0.6) is 0 Å². The minimum Gasteiger partial charge on any atom is -0.325 e. The molecule has 4 heteroatoms. The summed E-state index contributed by atoms with van der Waals surface area (Å²) in [5, 5.41) is 0. The summed E-state index contributed by atoms with van der Waals surface area (Å²) in [5.41, 5.74) is 0. The van der Waals surface area contributed by atoms with Gasteiger partial charge in [0.25, 0.3) is 0 Å². The highest BCUT2D eigenvalue weighted by Crippen LogP contribution is 2.31. The van der Waals surface area contributed by atoms with Gasteiger partial charge in [-0.2, -0.15) is 0 Å². The van der Waals surface area contributed by atoms with Crippen LogP contribution in [0.15, 0.2) is 24.8 Å². The van der Waals surface area contributed by atoms with Crippen LogP contribution in [-0.2, 0) is 0 Å². The zero-order chi connectivity index (χ0) is 11.8. The van der Waals surface area contributed by atoms with E-state index in [4.69, 9.17) is 0 Å². The normalized spacial score (nSPS) is 37.8. The van der Waals surface area contributed by atoms with Gasteiger partial charge in [0.1, 0.15) is 13.6 Å². The fourth-order valence-corrected chi connectivity index (χ4v) is 2.71. The summed E-state index contributed by atoms with van der Waals surface area (Å²) in [6.07, 6.45) is 9.11. The van der Waals surface area contributed by atoms with Gasteiger partial charge in [0.05, 0.1) is 12.4 Å². The van der Waals surface area contributed by atoms with E-state index < -0.39 is 0 Å². The molecule has 2 aliphatic heterocycles. The van der Waals surface area contributed by atoms with Gasteiger partial charge in [-0.05, 0) is 13.8 Å². The highest BCUT2D eigenvalue weighted by molar-refractivity contribution is 4.82. The molecule has 0 aromatic rings. The van der Waals surface area contributed by atoms with Crippen LogP contribution in [0.2, 0.25) is 0 Å².